The van der Waals surface area contributed by atoms with Crippen LogP contribution < -0.4 is 0 Å². The highest BCUT2D eigenvalue weighted by atomic mass is 19.1. The summed E-state index contributed by atoms with van der Waals surface area (Å²) in [4.78, 5) is 14.2. The Morgan fingerprint density at radius 3 is 2.50 bits per heavy atom. The molecule has 4 rings (SSSR count). The lowest BCUT2D eigenvalue weighted by molar-refractivity contribution is -0.150. The van der Waals surface area contributed by atoms with Gasteiger partial charge in [-0.2, -0.15) is 0 Å². The minimum atomic E-state index is -1.59. The third-order valence-electron chi connectivity index (χ3n) is 6.42. The van der Waals surface area contributed by atoms with Crippen molar-refractivity contribution in [3.05, 3.63) is 59.9 Å². The predicted octanol–water partition coefficient (Wildman–Crippen LogP) is 4.31. The molecule has 148 valence electrons. The van der Waals surface area contributed by atoms with E-state index in [1.165, 1.54) is 18.7 Å². The number of carbonyl (C=O) groups excluding carboxylic acids is 1. The second-order valence-corrected chi connectivity index (χ2v) is 8.60. The Balaban J connectivity index is 1.73. The number of alkyl halides is 1. The van der Waals surface area contributed by atoms with E-state index >= 15 is 4.39 Å². The van der Waals surface area contributed by atoms with Gasteiger partial charge in [0.1, 0.15) is 17.6 Å². The standard InChI is InChI=1S/C23H25F2NO2/c1-14-19(24)13-26(21(27)22(2,3)28)23(14)12-18(23)17-11-7-10-16(20(17)25)15-8-5-4-6-9-15/h4-11,14,18-19,28H,12-13H2,1-3H3/t14-,18-,19-,23?/m0/s1. The van der Waals surface area contributed by atoms with E-state index in [1.54, 1.807) is 25.1 Å². The topological polar surface area (TPSA) is 40.5 Å². The van der Waals surface area contributed by atoms with Crippen LogP contribution in [0.25, 0.3) is 11.1 Å². The number of aliphatic hydroxyl groups is 1. The number of nitrogens with zero attached hydrogens (tertiary/aromatic N) is 1. The molecule has 2 fully saturated rings. The quantitative estimate of drug-likeness (QED) is 0.856. The number of benzene rings is 2. The summed E-state index contributed by atoms with van der Waals surface area (Å²) in [6, 6.07) is 14.6. The van der Waals surface area contributed by atoms with Gasteiger partial charge in [0.15, 0.2) is 0 Å². The third-order valence-corrected chi connectivity index (χ3v) is 6.42. The Labute approximate surface area is 164 Å². The number of halogens is 2. The van der Waals surface area contributed by atoms with E-state index in [1.807, 2.05) is 30.3 Å². The Kier molecular flexibility index (Phi) is 4.34. The van der Waals surface area contributed by atoms with Gasteiger partial charge < -0.3 is 10.0 Å². The van der Waals surface area contributed by atoms with Gasteiger partial charge in [-0.25, -0.2) is 8.78 Å². The molecule has 0 bridgehead atoms. The highest BCUT2D eigenvalue weighted by Gasteiger charge is 2.69. The highest BCUT2D eigenvalue weighted by Crippen LogP contribution is 2.64. The van der Waals surface area contributed by atoms with E-state index in [-0.39, 0.29) is 18.3 Å². The third kappa shape index (κ3) is 2.75. The fraction of sp³-hybridized carbons (Fsp3) is 0.435. The van der Waals surface area contributed by atoms with Crippen molar-refractivity contribution >= 4 is 5.91 Å². The number of hydrogen-bond donors (Lipinski definition) is 1. The highest BCUT2D eigenvalue weighted by molar-refractivity contribution is 5.86. The van der Waals surface area contributed by atoms with E-state index in [4.69, 9.17) is 0 Å². The zero-order valence-electron chi connectivity index (χ0n) is 16.3. The van der Waals surface area contributed by atoms with Crippen LogP contribution in [0.3, 0.4) is 0 Å². The molecule has 28 heavy (non-hydrogen) atoms. The smallest absolute Gasteiger partial charge is 0.254 e. The minimum Gasteiger partial charge on any atom is -0.381 e. The van der Waals surface area contributed by atoms with Gasteiger partial charge in [0, 0.05) is 17.4 Å². The first-order valence-corrected chi connectivity index (χ1v) is 9.70. The summed E-state index contributed by atoms with van der Waals surface area (Å²) in [7, 11) is 0. The lowest BCUT2D eigenvalue weighted by Crippen LogP contribution is -2.50. The first-order chi connectivity index (χ1) is 13.2. The molecule has 1 spiro atoms. The summed E-state index contributed by atoms with van der Waals surface area (Å²) < 4.78 is 30.0. The summed E-state index contributed by atoms with van der Waals surface area (Å²) in [5.41, 5.74) is -0.566. The molecule has 1 aliphatic heterocycles. The van der Waals surface area contributed by atoms with Crippen molar-refractivity contribution in [2.24, 2.45) is 5.92 Å². The average molecular weight is 385 g/mol. The van der Waals surface area contributed by atoms with Crippen molar-refractivity contribution in [3.63, 3.8) is 0 Å². The van der Waals surface area contributed by atoms with Crippen LogP contribution in [0.1, 0.15) is 38.7 Å². The molecule has 1 unspecified atom stereocenters. The first kappa shape index (κ1) is 19.1. The van der Waals surface area contributed by atoms with Crippen LogP contribution in [0.4, 0.5) is 8.78 Å². The fourth-order valence-electron chi connectivity index (χ4n) is 4.77. The van der Waals surface area contributed by atoms with Gasteiger partial charge in [-0.3, -0.25) is 4.79 Å². The van der Waals surface area contributed by atoms with Crippen molar-refractivity contribution in [2.75, 3.05) is 6.54 Å². The maximum Gasteiger partial charge on any atom is 0.254 e. The van der Waals surface area contributed by atoms with Crippen molar-refractivity contribution < 1.29 is 18.7 Å². The Hall–Kier alpha value is -2.27. The van der Waals surface area contributed by atoms with Crippen LogP contribution >= 0.6 is 0 Å². The first-order valence-electron chi connectivity index (χ1n) is 9.70. The number of rotatable bonds is 3. The summed E-state index contributed by atoms with van der Waals surface area (Å²) >= 11 is 0. The van der Waals surface area contributed by atoms with Gasteiger partial charge in [-0.05, 0) is 31.4 Å². The van der Waals surface area contributed by atoms with Gasteiger partial charge in [0.2, 0.25) is 0 Å². The normalized spacial score (nSPS) is 29.4. The van der Waals surface area contributed by atoms with E-state index < -0.39 is 29.1 Å². The molecule has 5 heteroatoms. The average Bonchev–Trinajstić information content (AvgIpc) is 3.35. The molecule has 1 amide bonds. The molecule has 1 saturated heterocycles. The Morgan fingerprint density at radius 2 is 1.86 bits per heavy atom. The second-order valence-electron chi connectivity index (χ2n) is 8.60. The summed E-state index contributed by atoms with van der Waals surface area (Å²) in [5, 5.41) is 10.2. The second kappa shape index (κ2) is 6.38. The van der Waals surface area contributed by atoms with Crippen LogP contribution in [-0.4, -0.2) is 39.8 Å². The Morgan fingerprint density at radius 1 is 1.18 bits per heavy atom. The van der Waals surface area contributed by atoms with E-state index in [0.717, 1.165) is 5.56 Å². The molecular weight excluding hydrogens is 360 g/mol. The van der Waals surface area contributed by atoms with Gasteiger partial charge in [-0.15, -0.1) is 0 Å². The molecule has 3 nitrogen and oxygen atoms in total. The zero-order valence-corrected chi connectivity index (χ0v) is 16.3. The lowest BCUT2D eigenvalue weighted by Gasteiger charge is -2.32. The fourth-order valence-corrected chi connectivity index (χ4v) is 4.77. The predicted molar refractivity (Wildman–Crippen MR) is 104 cm³/mol. The van der Waals surface area contributed by atoms with Crippen molar-refractivity contribution in [2.45, 2.75) is 50.4 Å². The molecular formula is C23H25F2NO2. The maximum absolute atomic E-state index is 15.4. The molecule has 2 aliphatic rings. The maximum atomic E-state index is 15.4. The molecule has 2 aromatic carbocycles. The van der Waals surface area contributed by atoms with Gasteiger partial charge >= 0.3 is 0 Å². The van der Waals surface area contributed by atoms with Crippen LogP contribution in [0.15, 0.2) is 48.5 Å². The largest absolute Gasteiger partial charge is 0.381 e. The SMILES string of the molecule is C[C@H]1[C@@H](F)CN(C(=O)C(C)(C)O)C12C[C@H]2c1cccc(-c2ccccc2)c1F. The van der Waals surface area contributed by atoms with Crippen LogP contribution in [0, 0.1) is 11.7 Å². The number of hydrogen-bond acceptors (Lipinski definition) is 2. The number of carbonyl (C=O) groups is 1. The summed E-state index contributed by atoms with van der Waals surface area (Å²) in [6.07, 6.45) is -0.678. The monoisotopic (exact) mass is 385 g/mol. The van der Waals surface area contributed by atoms with E-state index in [2.05, 4.69) is 0 Å². The Bertz CT molecular complexity index is 909. The zero-order chi connectivity index (χ0) is 20.3. The lowest BCUT2D eigenvalue weighted by atomic mass is 9.92. The minimum absolute atomic E-state index is 0.0551. The van der Waals surface area contributed by atoms with Crippen molar-refractivity contribution in [3.8, 4) is 11.1 Å². The van der Waals surface area contributed by atoms with Crippen LogP contribution in [-0.2, 0) is 4.79 Å². The summed E-state index contributed by atoms with van der Waals surface area (Å²) in [5.74, 6) is -1.51. The van der Waals surface area contributed by atoms with Crippen molar-refractivity contribution in [1.29, 1.82) is 0 Å². The molecule has 1 aliphatic carbocycles. The van der Waals surface area contributed by atoms with Gasteiger partial charge in [-0.1, -0.05) is 55.5 Å². The van der Waals surface area contributed by atoms with Gasteiger partial charge in [0.25, 0.3) is 5.91 Å². The molecule has 2 aromatic rings. The molecule has 4 atom stereocenters. The van der Waals surface area contributed by atoms with Gasteiger partial charge in [0.05, 0.1) is 12.1 Å². The van der Waals surface area contributed by atoms with Crippen LogP contribution in [0.2, 0.25) is 0 Å². The number of amides is 1. The molecule has 0 aromatic heterocycles. The van der Waals surface area contributed by atoms with Crippen LogP contribution in [0.5, 0.6) is 0 Å². The molecule has 1 N–H and O–H groups in total. The van der Waals surface area contributed by atoms with Crippen molar-refractivity contribution in [1.82, 2.24) is 4.90 Å². The van der Waals surface area contributed by atoms with E-state index in [0.29, 0.717) is 17.5 Å². The molecule has 1 heterocycles. The molecule has 0 radical (unpaired) electrons. The summed E-state index contributed by atoms with van der Waals surface area (Å²) in [6.45, 7) is 4.54. The van der Waals surface area contributed by atoms with E-state index in [9.17, 15) is 14.3 Å². The number of likely N-dealkylation sites (tertiary alicyclic amines) is 1. The molecule has 1 saturated carbocycles.